The van der Waals surface area contributed by atoms with Crippen LogP contribution < -0.4 is 10.0 Å². The topological polar surface area (TPSA) is 109 Å². The zero-order valence-electron chi connectivity index (χ0n) is 14.6. The highest BCUT2D eigenvalue weighted by Crippen LogP contribution is 2.23. The SMILES string of the molecule is CC(NC(=O)CS(=O)(=O)c1ccc(Cl)cc1)c1ccccc1NS(C)(=O)=O. The van der Waals surface area contributed by atoms with Gasteiger partial charge in [0.2, 0.25) is 15.9 Å². The first kappa shape index (κ1) is 21.2. The number of carbonyl (C=O) groups is 1. The fraction of sp³-hybridized carbons (Fsp3) is 0.235. The van der Waals surface area contributed by atoms with Gasteiger partial charge in [-0.3, -0.25) is 9.52 Å². The van der Waals surface area contributed by atoms with Crippen molar-refractivity contribution in [2.24, 2.45) is 0 Å². The first-order valence-corrected chi connectivity index (χ1v) is 11.7. The Labute approximate surface area is 163 Å². The number of hydrogen-bond acceptors (Lipinski definition) is 5. The molecule has 0 fully saturated rings. The Morgan fingerprint density at radius 2 is 1.63 bits per heavy atom. The van der Waals surface area contributed by atoms with Gasteiger partial charge in [-0.2, -0.15) is 0 Å². The van der Waals surface area contributed by atoms with Gasteiger partial charge in [0, 0.05) is 5.02 Å². The van der Waals surface area contributed by atoms with Gasteiger partial charge >= 0.3 is 0 Å². The summed E-state index contributed by atoms with van der Waals surface area (Å²) in [6, 6.07) is 11.5. The number of anilines is 1. The Morgan fingerprint density at radius 3 is 2.22 bits per heavy atom. The number of carbonyl (C=O) groups excluding carboxylic acids is 1. The van der Waals surface area contributed by atoms with E-state index in [0.717, 1.165) is 6.26 Å². The number of rotatable bonds is 7. The molecule has 0 aliphatic heterocycles. The van der Waals surface area contributed by atoms with E-state index in [1.807, 2.05) is 0 Å². The predicted octanol–water partition coefficient (Wildman–Crippen LogP) is 2.36. The largest absolute Gasteiger partial charge is 0.349 e. The second-order valence-electron chi connectivity index (χ2n) is 5.96. The lowest BCUT2D eigenvalue weighted by atomic mass is 10.1. The highest BCUT2D eigenvalue weighted by molar-refractivity contribution is 7.92. The van der Waals surface area contributed by atoms with Crippen LogP contribution in [0.1, 0.15) is 18.5 Å². The lowest BCUT2D eigenvalue weighted by Crippen LogP contribution is -2.32. The number of amides is 1. The van der Waals surface area contributed by atoms with Crippen LogP contribution in [0.5, 0.6) is 0 Å². The molecule has 0 aliphatic rings. The van der Waals surface area contributed by atoms with Gasteiger partial charge in [0.25, 0.3) is 0 Å². The average molecular weight is 431 g/mol. The molecule has 1 amide bonds. The standard InChI is InChI=1S/C17H19ClN2O5S2/c1-12(15-5-3-4-6-16(15)20-26(2,22)23)19-17(21)11-27(24,25)14-9-7-13(18)8-10-14/h3-10,12,20H,11H2,1-2H3,(H,19,21). The van der Waals surface area contributed by atoms with Crippen LogP contribution >= 0.6 is 11.6 Å². The molecule has 1 unspecified atom stereocenters. The van der Waals surface area contributed by atoms with Crippen LogP contribution in [0.3, 0.4) is 0 Å². The maximum Gasteiger partial charge on any atom is 0.236 e. The van der Waals surface area contributed by atoms with Crippen molar-refractivity contribution in [2.75, 3.05) is 16.7 Å². The van der Waals surface area contributed by atoms with Gasteiger partial charge in [0.15, 0.2) is 9.84 Å². The normalized spacial score (nSPS) is 13.0. The lowest BCUT2D eigenvalue weighted by Gasteiger charge is -2.18. The van der Waals surface area contributed by atoms with Crippen molar-refractivity contribution in [3.8, 4) is 0 Å². The summed E-state index contributed by atoms with van der Waals surface area (Å²) >= 11 is 5.74. The fourth-order valence-electron chi connectivity index (χ4n) is 2.43. The molecule has 2 N–H and O–H groups in total. The predicted molar refractivity (Wildman–Crippen MR) is 105 cm³/mol. The van der Waals surface area contributed by atoms with E-state index in [2.05, 4.69) is 10.0 Å². The molecule has 0 heterocycles. The molecule has 0 saturated carbocycles. The molecular formula is C17H19ClN2O5S2. The van der Waals surface area contributed by atoms with Crippen molar-refractivity contribution in [3.05, 3.63) is 59.1 Å². The molecular weight excluding hydrogens is 412 g/mol. The second kappa shape index (κ2) is 8.28. The van der Waals surface area contributed by atoms with Gasteiger partial charge in [-0.05, 0) is 42.8 Å². The third kappa shape index (κ3) is 6.23. The minimum Gasteiger partial charge on any atom is -0.349 e. The Hall–Kier alpha value is -2.10. The van der Waals surface area contributed by atoms with E-state index in [-0.39, 0.29) is 4.90 Å². The third-order valence-electron chi connectivity index (χ3n) is 3.59. The van der Waals surface area contributed by atoms with Gasteiger partial charge in [-0.25, -0.2) is 16.8 Å². The Kier molecular flexibility index (Phi) is 6.50. The minimum absolute atomic E-state index is 0.00570. The van der Waals surface area contributed by atoms with Crippen LogP contribution in [0.2, 0.25) is 5.02 Å². The quantitative estimate of drug-likeness (QED) is 0.700. The molecule has 0 bridgehead atoms. The zero-order valence-corrected chi connectivity index (χ0v) is 17.0. The summed E-state index contributed by atoms with van der Waals surface area (Å²) in [6.07, 6.45) is 1.02. The number of para-hydroxylation sites is 1. The molecule has 2 rings (SSSR count). The van der Waals surface area contributed by atoms with E-state index >= 15 is 0 Å². The van der Waals surface area contributed by atoms with Crippen LogP contribution in [0, 0.1) is 0 Å². The van der Waals surface area contributed by atoms with Crippen molar-refractivity contribution in [1.29, 1.82) is 0 Å². The molecule has 7 nitrogen and oxygen atoms in total. The minimum atomic E-state index is -3.83. The highest BCUT2D eigenvalue weighted by atomic mass is 35.5. The molecule has 0 radical (unpaired) electrons. The molecule has 2 aromatic rings. The first-order valence-electron chi connectivity index (χ1n) is 7.82. The Balaban J connectivity index is 2.13. The number of halogens is 1. The summed E-state index contributed by atoms with van der Waals surface area (Å²) in [7, 11) is -7.32. The van der Waals surface area contributed by atoms with Crippen LogP contribution in [0.15, 0.2) is 53.4 Å². The van der Waals surface area contributed by atoms with Gasteiger partial charge < -0.3 is 5.32 Å². The number of sulfone groups is 1. The van der Waals surface area contributed by atoms with E-state index in [4.69, 9.17) is 11.6 Å². The molecule has 27 heavy (non-hydrogen) atoms. The smallest absolute Gasteiger partial charge is 0.236 e. The average Bonchev–Trinajstić information content (AvgIpc) is 2.53. The molecule has 0 aromatic heterocycles. The zero-order chi connectivity index (χ0) is 20.2. The molecule has 0 spiro atoms. The molecule has 1 atom stereocenters. The monoisotopic (exact) mass is 430 g/mol. The molecule has 0 aliphatic carbocycles. The summed E-state index contributed by atoms with van der Waals surface area (Å²) in [5.74, 6) is -1.44. The fourth-order valence-corrected chi connectivity index (χ4v) is 4.28. The van der Waals surface area contributed by atoms with Crippen LogP contribution in [0.4, 0.5) is 5.69 Å². The van der Waals surface area contributed by atoms with Crippen LogP contribution in [-0.2, 0) is 24.7 Å². The van der Waals surface area contributed by atoms with E-state index in [0.29, 0.717) is 16.3 Å². The van der Waals surface area contributed by atoms with Gasteiger partial charge in [0.05, 0.1) is 22.9 Å². The van der Waals surface area contributed by atoms with Crippen molar-refractivity contribution in [3.63, 3.8) is 0 Å². The second-order valence-corrected chi connectivity index (χ2v) is 10.1. The van der Waals surface area contributed by atoms with E-state index < -0.39 is 37.6 Å². The summed E-state index contributed by atoms with van der Waals surface area (Å²) in [5.41, 5.74) is 0.827. The van der Waals surface area contributed by atoms with Gasteiger partial charge in [0.1, 0.15) is 5.75 Å². The van der Waals surface area contributed by atoms with Crippen molar-refractivity contribution in [1.82, 2.24) is 5.32 Å². The van der Waals surface area contributed by atoms with Crippen molar-refractivity contribution < 1.29 is 21.6 Å². The number of nitrogens with one attached hydrogen (secondary N) is 2. The highest BCUT2D eigenvalue weighted by Gasteiger charge is 2.22. The van der Waals surface area contributed by atoms with E-state index in [1.165, 1.54) is 24.3 Å². The number of hydrogen-bond donors (Lipinski definition) is 2. The Bertz CT molecular complexity index is 1040. The Morgan fingerprint density at radius 1 is 1.04 bits per heavy atom. The van der Waals surface area contributed by atoms with Gasteiger partial charge in [-0.15, -0.1) is 0 Å². The molecule has 0 saturated heterocycles. The van der Waals surface area contributed by atoms with E-state index in [1.54, 1.807) is 31.2 Å². The third-order valence-corrected chi connectivity index (χ3v) is 6.07. The molecule has 10 heteroatoms. The number of sulfonamides is 1. The maximum atomic E-state index is 12.3. The van der Waals surface area contributed by atoms with Crippen LogP contribution in [-0.4, -0.2) is 34.8 Å². The molecule has 2 aromatic carbocycles. The number of benzene rings is 2. The van der Waals surface area contributed by atoms with Crippen molar-refractivity contribution >= 4 is 43.1 Å². The van der Waals surface area contributed by atoms with E-state index in [9.17, 15) is 21.6 Å². The summed E-state index contributed by atoms with van der Waals surface area (Å²) in [6.45, 7) is 1.63. The summed E-state index contributed by atoms with van der Waals surface area (Å²) in [5, 5.41) is 2.97. The van der Waals surface area contributed by atoms with Gasteiger partial charge in [-0.1, -0.05) is 29.8 Å². The van der Waals surface area contributed by atoms with Crippen molar-refractivity contribution in [2.45, 2.75) is 17.9 Å². The first-order chi connectivity index (χ1) is 12.5. The maximum absolute atomic E-state index is 12.3. The molecule has 146 valence electrons. The lowest BCUT2D eigenvalue weighted by molar-refractivity contribution is -0.119. The summed E-state index contributed by atoms with van der Waals surface area (Å²) < 4.78 is 50.0. The summed E-state index contributed by atoms with van der Waals surface area (Å²) in [4.78, 5) is 12.2. The van der Waals surface area contributed by atoms with Crippen LogP contribution in [0.25, 0.3) is 0 Å².